The molecule has 3 atom stereocenters. The zero-order valence-corrected chi connectivity index (χ0v) is 38.6. The Balaban J connectivity index is 1.24. The monoisotopic (exact) mass is 949 g/mol. The van der Waals surface area contributed by atoms with Crippen LogP contribution in [-0.2, 0) is 56.8 Å². The Kier molecular flexibility index (Phi) is 19.4. The van der Waals surface area contributed by atoms with Crippen LogP contribution >= 0.6 is 0 Å². The number of carbonyl (C=O) groups is 5. The number of nitrogens with one attached hydrogen (secondary N) is 2. The Morgan fingerprint density at radius 2 is 1.01 bits per heavy atom. The van der Waals surface area contributed by atoms with Crippen molar-refractivity contribution in [3.05, 3.63) is 203 Å². The van der Waals surface area contributed by atoms with Crippen LogP contribution < -0.4 is 25.8 Å². The van der Waals surface area contributed by atoms with Crippen LogP contribution in [0.4, 0.5) is 9.59 Å². The van der Waals surface area contributed by atoms with E-state index in [0.717, 1.165) is 16.0 Å². The lowest BCUT2D eigenvalue weighted by atomic mass is 10.1. The van der Waals surface area contributed by atoms with E-state index in [0.29, 0.717) is 28.2 Å². The summed E-state index contributed by atoms with van der Waals surface area (Å²) in [6.45, 7) is 1.01. The highest BCUT2D eigenvalue weighted by Crippen LogP contribution is 2.25. The second-order valence-corrected chi connectivity index (χ2v) is 15.9. The smallest absolute Gasteiger partial charge is 0.437 e. The summed E-state index contributed by atoms with van der Waals surface area (Å²) in [6.07, 6.45) is -3.69. The summed E-state index contributed by atoms with van der Waals surface area (Å²) in [5, 5.41) is 16.0. The largest absolute Gasteiger partial charge is 0.489 e. The molecule has 16 nitrogen and oxygen atoms in total. The van der Waals surface area contributed by atoms with Crippen LogP contribution in [0.2, 0.25) is 0 Å². The van der Waals surface area contributed by atoms with Gasteiger partial charge < -0.3 is 45.2 Å². The Morgan fingerprint density at radius 1 is 0.586 bits per heavy atom. The number of benzene rings is 6. The second kappa shape index (κ2) is 26.7. The quantitative estimate of drug-likeness (QED) is 0.0224. The summed E-state index contributed by atoms with van der Waals surface area (Å²) in [6, 6.07) is 47.2. The molecule has 6 aromatic carbocycles. The first kappa shape index (κ1) is 50.9. The molecule has 70 heavy (non-hydrogen) atoms. The Bertz CT molecular complexity index is 2580. The van der Waals surface area contributed by atoms with Crippen molar-refractivity contribution in [2.45, 2.75) is 71.0 Å². The normalized spacial score (nSPS) is 12.3. The number of aliphatic imine (C=N–C) groups is 1. The lowest BCUT2D eigenvalue weighted by Crippen LogP contribution is -2.55. The van der Waals surface area contributed by atoms with Crippen molar-refractivity contribution in [3.63, 3.8) is 0 Å². The van der Waals surface area contributed by atoms with Crippen LogP contribution in [-0.4, -0.2) is 70.7 Å². The van der Waals surface area contributed by atoms with Gasteiger partial charge in [0.15, 0.2) is 6.04 Å². The summed E-state index contributed by atoms with van der Waals surface area (Å²) in [5.74, 6) is -2.45. The maximum atomic E-state index is 14.3. The van der Waals surface area contributed by atoms with E-state index in [1.165, 1.54) is 19.1 Å². The van der Waals surface area contributed by atoms with Crippen molar-refractivity contribution in [2.75, 3.05) is 6.54 Å². The maximum Gasteiger partial charge on any atom is 0.437 e. The van der Waals surface area contributed by atoms with Crippen LogP contribution in [0.25, 0.3) is 0 Å². The summed E-state index contributed by atoms with van der Waals surface area (Å²) in [4.78, 5) is 73.1. The number of hydrogen-bond donors (Lipinski definition) is 4. The van der Waals surface area contributed by atoms with E-state index in [2.05, 4.69) is 15.6 Å². The molecule has 0 heterocycles. The van der Waals surface area contributed by atoms with Crippen LogP contribution in [0.15, 0.2) is 175 Å². The molecule has 1 unspecified atom stereocenters. The zero-order chi connectivity index (χ0) is 49.5. The van der Waals surface area contributed by atoms with Gasteiger partial charge in [0.25, 0.3) is 5.91 Å². The van der Waals surface area contributed by atoms with Gasteiger partial charge in [0.2, 0.25) is 11.9 Å². The molecule has 0 aliphatic heterocycles. The fraction of sp³-hybridized carbons (Fsp3) is 0.222. The van der Waals surface area contributed by atoms with E-state index >= 15 is 0 Å². The predicted octanol–water partition coefficient (Wildman–Crippen LogP) is 7.62. The van der Waals surface area contributed by atoms with Gasteiger partial charge in [-0.2, -0.15) is 0 Å². The minimum absolute atomic E-state index is 0.0580. The number of nitrogens with zero attached hydrogens (tertiary/aromatic N) is 2. The summed E-state index contributed by atoms with van der Waals surface area (Å²) in [7, 11) is 0. The highest BCUT2D eigenvalue weighted by atomic mass is 16.6. The first-order valence-electron chi connectivity index (χ1n) is 22.5. The van der Waals surface area contributed by atoms with E-state index in [9.17, 15) is 29.1 Å². The molecule has 5 N–H and O–H groups in total. The van der Waals surface area contributed by atoms with E-state index in [1.54, 1.807) is 91.0 Å². The molecular formula is C54H55N5O11. The molecule has 0 spiro atoms. The van der Waals surface area contributed by atoms with Crippen molar-refractivity contribution < 1.29 is 52.8 Å². The first-order chi connectivity index (χ1) is 34.0. The Morgan fingerprint density at radius 3 is 1.47 bits per heavy atom. The highest BCUT2D eigenvalue weighted by molar-refractivity contribution is 5.99. The lowest BCUT2D eigenvalue weighted by Gasteiger charge is -2.25. The van der Waals surface area contributed by atoms with Crippen LogP contribution in [0.3, 0.4) is 0 Å². The molecule has 0 bridgehead atoms. The Hall–Kier alpha value is -8.50. The number of aliphatic hydroxyl groups is 1. The summed E-state index contributed by atoms with van der Waals surface area (Å²) < 4.78 is 28.5. The molecule has 0 fully saturated rings. The van der Waals surface area contributed by atoms with Gasteiger partial charge in [-0.15, -0.1) is 4.99 Å². The number of amides is 4. The van der Waals surface area contributed by atoms with Gasteiger partial charge in [0.05, 0.1) is 6.10 Å². The molecule has 6 rings (SSSR count). The SMILES string of the molecule is CC(O)[C@H](NC(=O)[C@H](CCCN(C(=O)OCc1ccccc1)/C(N)=N/C(=O)OCc1ccccc1)NC(=O)c1cc(OCc2ccccc2)cc(OCc2ccccc2)c1)C(=O)OCc1ccccc1. The number of nitrogens with two attached hydrogens (primary N) is 1. The molecule has 0 saturated carbocycles. The minimum atomic E-state index is -1.54. The van der Waals surface area contributed by atoms with Crippen molar-refractivity contribution >= 4 is 35.9 Å². The molecule has 0 aromatic heterocycles. The molecule has 6 aromatic rings. The highest BCUT2D eigenvalue weighted by Gasteiger charge is 2.32. The first-order valence-corrected chi connectivity index (χ1v) is 22.5. The fourth-order valence-corrected chi connectivity index (χ4v) is 6.77. The third-order valence-corrected chi connectivity index (χ3v) is 10.5. The van der Waals surface area contributed by atoms with E-state index in [4.69, 9.17) is 29.4 Å². The van der Waals surface area contributed by atoms with Crippen molar-refractivity contribution in [3.8, 4) is 11.5 Å². The van der Waals surface area contributed by atoms with E-state index in [-0.39, 0.29) is 58.0 Å². The number of aliphatic hydroxyl groups excluding tert-OH is 1. The number of ether oxygens (including phenoxy) is 5. The molecule has 0 saturated heterocycles. The fourth-order valence-electron chi connectivity index (χ4n) is 6.77. The predicted molar refractivity (Wildman–Crippen MR) is 260 cm³/mol. The summed E-state index contributed by atoms with van der Waals surface area (Å²) >= 11 is 0. The van der Waals surface area contributed by atoms with Crippen molar-refractivity contribution in [1.82, 2.24) is 15.5 Å². The molecule has 362 valence electrons. The van der Waals surface area contributed by atoms with E-state index in [1.807, 2.05) is 66.7 Å². The average molecular weight is 950 g/mol. The third kappa shape index (κ3) is 16.7. The Labute approximate surface area is 406 Å². The van der Waals surface area contributed by atoms with E-state index < -0.39 is 54.1 Å². The van der Waals surface area contributed by atoms with Crippen molar-refractivity contribution in [1.29, 1.82) is 0 Å². The average Bonchev–Trinajstić information content (AvgIpc) is 3.39. The van der Waals surface area contributed by atoms with Gasteiger partial charge in [0.1, 0.15) is 50.6 Å². The molecular weight excluding hydrogens is 895 g/mol. The summed E-state index contributed by atoms with van der Waals surface area (Å²) in [5.41, 5.74) is 10.1. The number of esters is 1. The van der Waals surface area contributed by atoms with Gasteiger partial charge in [-0.1, -0.05) is 152 Å². The van der Waals surface area contributed by atoms with Gasteiger partial charge in [0, 0.05) is 18.2 Å². The van der Waals surface area contributed by atoms with Crippen LogP contribution in [0.1, 0.15) is 57.9 Å². The van der Waals surface area contributed by atoms with Gasteiger partial charge in [-0.25, -0.2) is 19.3 Å². The molecule has 0 aliphatic rings. The van der Waals surface area contributed by atoms with Crippen LogP contribution in [0.5, 0.6) is 11.5 Å². The van der Waals surface area contributed by atoms with Crippen molar-refractivity contribution in [2.24, 2.45) is 10.7 Å². The second-order valence-electron chi connectivity index (χ2n) is 15.9. The zero-order valence-electron chi connectivity index (χ0n) is 38.6. The molecule has 4 amide bonds. The number of hydrogen-bond acceptors (Lipinski definition) is 11. The van der Waals surface area contributed by atoms with Gasteiger partial charge in [-0.3, -0.25) is 9.59 Å². The number of carbonyl (C=O) groups excluding carboxylic acids is 5. The topological polar surface area (TPSA) is 217 Å². The lowest BCUT2D eigenvalue weighted by molar-refractivity contribution is -0.152. The molecule has 16 heteroatoms. The number of rotatable bonds is 22. The molecule has 0 aliphatic carbocycles. The van der Waals surface area contributed by atoms with Gasteiger partial charge in [-0.05, 0) is 59.7 Å². The minimum Gasteiger partial charge on any atom is -0.489 e. The number of guanidine groups is 1. The third-order valence-electron chi connectivity index (χ3n) is 10.5. The van der Waals surface area contributed by atoms with Crippen LogP contribution in [0, 0.1) is 0 Å². The van der Waals surface area contributed by atoms with Gasteiger partial charge >= 0.3 is 18.2 Å². The standard InChI is InChI=1S/C54H55N5O11/c1-38(60)48(51(63)68-35-41-22-11-4-12-23-41)57-50(62)47(56-49(61)44-30-45(66-33-39-18-7-2-8-19-39)32-46(31-44)67-34-40-20-9-3-10-21-40)28-17-29-59(54(65)70-37-43-26-15-6-16-27-43)52(55)58-53(64)69-36-42-24-13-5-14-25-42/h2-16,18-27,30-32,38,47-48,60H,17,28-29,33-37H2,1H3,(H,56,61)(H,57,62)(H2,55,58,64)/t38?,47-,48-/m0/s1. The maximum absolute atomic E-state index is 14.3. The molecule has 0 radical (unpaired) electrons.